The van der Waals surface area contributed by atoms with Crippen LogP contribution in [-0.2, 0) is 11.0 Å². The number of aromatic carboxylic acids is 1. The molecular weight excluding hydrogens is 410 g/mol. The number of carbonyl (C=O) groups is 1. The molecule has 0 spiro atoms. The van der Waals surface area contributed by atoms with Gasteiger partial charge in [-0.2, -0.15) is 0 Å². The summed E-state index contributed by atoms with van der Waals surface area (Å²) >= 11 is 7.49. The van der Waals surface area contributed by atoms with Crippen LogP contribution in [0.2, 0.25) is 4.34 Å². The Kier molecular flexibility index (Phi) is 5.69. The van der Waals surface area contributed by atoms with Gasteiger partial charge in [0.25, 0.3) is 0 Å². The number of hydrogen-bond acceptors (Lipinski definition) is 5. The number of carboxylic acids is 1. The quantitative estimate of drug-likeness (QED) is 0.537. The molecule has 1 atom stereocenters. The molecule has 3 aromatic rings. The summed E-state index contributed by atoms with van der Waals surface area (Å²) in [5, 5.41) is 18.7. The van der Waals surface area contributed by atoms with Crippen molar-refractivity contribution in [2.75, 3.05) is 11.8 Å². The molecule has 3 N–H and O–H groups in total. The Morgan fingerprint density at radius 1 is 1.19 bits per heavy atom. The second kappa shape index (κ2) is 7.99. The van der Waals surface area contributed by atoms with E-state index in [1.54, 1.807) is 13.2 Å². The average molecular weight is 424 g/mol. The number of methoxy groups -OCH3 is 1. The van der Waals surface area contributed by atoms with E-state index in [0.717, 1.165) is 16.9 Å². The number of rotatable bonds is 6. The molecule has 2 aromatic carbocycles. The first-order valence-corrected chi connectivity index (χ1v) is 9.92. The Bertz CT molecular complexity index is 1030. The highest BCUT2D eigenvalue weighted by atomic mass is 35.5. The van der Waals surface area contributed by atoms with Gasteiger partial charge in [0.2, 0.25) is 0 Å². The summed E-state index contributed by atoms with van der Waals surface area (Å²) in [5.74, 6) is -1.01. The highest BCUT2D eigenvalue weighted by Gasteiger charge is 2.17. The standard InChI is InChI=1S/C18H14ClNO5S2/c1-25-15-5-3-2-4-11(15)13-9-16(26-17(13)19)27(24)20-10-6-7-12(18(22)23)14(21)8-10/h2-9,20-21H,1H3,(H,22,23). The zero-order valence-corrected chi connectivity index (χ0v) is 16.3. The normalized spacial score (nSPS) is 11.8. The van der Waals surface area contributed by atoms with Gasteiger partial charge in [-0.15, -0.1) is 11.3 Å². The van der Waals surface area contributed by atoms with Gasteiger partial charge in [0.05, 0.1) is 12.8 Å². The molecule has 0 saturated carbocycles. The van der Waals surface area contributed by atoms with Crippen LogP contribution in [0.1, 0.15) is 10.4 Å². The van der Waals surface area contributed by atoms with Crippen molar-refractivity contribution >= 4 is 45.6 Å². The maximum absolute atomic E-state index is 12.6. The number of ether oxygens (including phenoxy) is 1. The molecule has 0 aliphatic rings. The molecule has 0 bridgehead atoms. The fourth-order valence-corrected chi connectivity index (χ4v) is 4.94. The molecule has 1 heterocycles. The van der Waals surface area contributed by atoms with E-state index in [1.165, 1.54) is 18.2 Å². The lowest BCUT2D eigenvalue weighted by Gasteiger charge is -2.07. The maximum atomic E-state index is 12.6. The Morgan fingerprint density at radius 3 is 2.59 bits per heavy atom. The number of benzene rings is 2. The molecule has 1 aromatic heterocycles. The number of halogens is 1. The molecule has 9 heteroatoms. The molecule has 140 valence electrons. The van der Waals surface area contributed by atoms with Gasteiger partial charge < -0.3 is 19.7 Å². The summed E-state index contributed by atoms with van der Waals surface area (Å²) in [7, 11) is -0.0845. The Morgan fingerprint density at radius 2 is 1.93 bits per heavy atom. The van der Waals surface area contributed by atoms with Crippen molar-refractivity contribution in [1.82, 2.24) is 0 Å². The third kappa shape index (κ3) is 4.08. The van der Waals surface area contributed by atoms with Gasteiger partial charge >= 0.3 is 5.97 Å². The summed E-state index contributed by atoms with van der Waals surface area (Å²) in [6.45, 7) is 0. The number of anilines is 1. The Balaban J connectivity index is 1.86. The van der Waals surface area contributed by atoms with E-state index in [-0.39, 0.29) is 5.56 Å². The molecule has 0 amide bonds. The van der Waals surface area contributed by atoms with Gasteiger partial charge in [0.1, 0.15) is 25.6 Å². The van der Waals surface area contributed by atoms with Crippen LogP contribution in [0.4, 0.5) is 5.69 Å². The number of thiophene rings is 1. The molecule has 1 unspecified atom stereocenters. The minimum Gasteiger partial charge on any atom is -0.507 e. The van der Waals surface area contributed by atoms with Crippen molar-refractivity contribution in [1.29, 1.82) is 0 Å². The third-order valence-electron chi connectivity index (χ3n) is 3.68. The summed E-state index contributed by atoms with van der Waals surface area (Å²) in [4.78, 5) is 10.9. The number of hydrogen-bond donors (Lipinski definition) is 3. The highest BCUT2D eigenvalue weighted by molar-refractivity contribution is 7.88. The fourth-order valence-electron chi connectivity index (χ4n) is 2.42. The average Bonchev–Trinajstić information content (AvgIpc) is 3.03. The second-order valence-electron chi connectivity index (χ2n) is 5.36. The first-order chi connectivity index (χ1) is 12.9. The predicted molar refractivity (Wildman–Crippen MR) is 106 cm³/mol. The summed E-state index contributed by atoms with van der Waals surface area (Å²) in [6.07, 6.45) is 0. The van der Waals surface area contributed by atoms with Crippen LogP contribution in [0.25, 0.3) is 11.1 Å². The van der Waals surface area contributed by atoms with E-state index >= 15 is 0 Å². The number of phenols is 1. The van der Waals surface area contributed by atoms with Gasteiger partial charge in [0, 0.05) is 17.2 Å². The molecule has 0 aliphatic heterocycles. The fraction of sp³-hybridized carbons (Fsp3) is 0.0556. The third-order valence-corrected chi connectivity index (χ3v) is 6.44. The van der Waals surface area contributed by atoms with Gasteiger partial charge in [-0.1, -0.05) is 29.8 Å². The lowest BCUT2D eigenvalue weighted by Crippen LogP contribution is -2.04. The van der Waals surface area contributed by atoms with Gasteiger partial charge in [-0.05, 0) is 24.3 Å². The van der Waals surface area contributed by atoms with E-state index in [4.69, 9.17) is 21.4 Å². The molecule has 6 nitrogen and oxygen atoms in total. The van der Waals surface area contributed by atoms with Crippen molar-refractivity contribution in [3.05, 3.63) is 58.4 Å². The Hall–Kier alpha value is -2.55. The number of para-hydroxylation sites is 1. The smallest absolute Gasteiger partial charge is 0.339 e. The van der Waals surface area contributed by atoms with Gasteiger partial charge in [-0.3, -0.25) is 0 Å². The van der Waals surface area contributed by atoms with Crippen LogP contribution >= 0.6 is 22.9 Å². The first-order valence-electron chi connectivity index (χ1n) is 7.58. The molecule has 0 saturated heterocycles. The summed E-state index contributed by atoms with van der Waals surface area (Å²) in [5.41, 5.74) is 1.57. The van der Waals surface area contributed by atoms with Crippen LogP contribution in [0.5, 0.6) is 11.5 Å². The van der Waals surface area contributed by atoms with E-state index in [9.17, 15) is 14.1 Å². The van der Waals surface area contributed by atoms with Crippen molar-refractivity contribution in [3.63, 3.8) is 0 Å². The topological polar surface area (TPSA) is 95.9 Å². The van der Waals surface area contributed by atoms with Crippen LogP contribution < -0.4 is 9.46 Å². The van der Waals surface area contributed by atoms with E-state index in [1.807, 2.05) is 24.3 Å². The predicted octanol–water partition coefficient (Wildman–Crippen LogP) is 4.62. The van der Waals surface area contributed by atoms with Crippen molar-refractivity contribution in [2.24, 2.45) is 0 Å². The zero-order chi connectivity index (χ0) is 19.6. The van der Waals surface area contributed by atoms with Crippen LogP contribution in [0.3, 0.4) is 0 Å². The van der Waals surface area contributed by atoms with E-state index in [2.05, 4.69) is 4.72 Å². The molecule has 0 aliphatic carbocycles. The summed E-state index contributed by atoms with van der Waals surface area (Å²) < 4.78 is 21.6. The monoisotopic (exact) mass is 423 g/mol. The maximum Gasteiger partial charge on any atom is 0.339 e. The highest BCUT2D eigenvalue weighted by Crippen LogP contribution is 2.41. The molecule has 0 radical (unpaired) electrons. The second-order valence-corrected chi connectivity index (χ2v) is 8.46. The van der Waals surface area contributed by atoms with E-state index in [0.29, 0.717) is 25.5 Å². The zero-order valence-electron chi connectivity index (χ0n) is 13.9. The van der Waals surface area contributed by atoms with Crippen molar-refractivity contribution < 1.29 is 24.0 Å². The minimum atomic E-state index is -1.65. The Labute approximate surface area is 166 Å². The van der Waals surface area contributed by atoms with Crippen molar-refractivity contribution in [3.8, 4) is 22.6 Å². The molecule has 0 fully saturated rings. The van der Waals surface area contributed by atoms with Gasteiger partial charge in [-0.25, -0.2) is 9.00 Å². The molecule has 3 rings (SSSR count). The molecule has 27 heavy (non-hydrogen) atoms. The minimum absolute atomic E-state index is 0.232. The lowest BCUT2D eigenvalue weighted by atomic mass is 10.1. The van der Waals surface area contributed by atoms with Gasteiger partial charge in [0.15, 0.2) is 11.0 Å². The van der Waals surface area contributed by atoms with Crippen LogP contribution in [-0.4, -0.2) is 27.5 Å². The molecular formula is C18H14ClNO5S2. The lowest BCUT2D eigenvalue weighted by molar-refractivity contribution is 0.0694. The van der Waals surface area contributed by atoms with E-state index < -0.39 is 22.7 Å². The number of aromatic hydroxyl groups is 1. The SMILES string of the molecule is COc1ccccc1-c1cc(S(=O)Nc2ccc(C(=O)O)c(O)c2)sc1Cl. The number of nitrogens with one attached hydrogen (secondary N) is 1. The number of carboxylic acid groups (broad SMARTS) is 1. The first kappa shape index (κ1) is 19.2. The van der Waals surface area contributed by atoms with Crippen molar-refractivity contribution in [2.45, 2.75) is 4.21 Å². The van der Waals surface area contributed by atoms with Crippen LogP contribution in [0, 0.1) is 0 Å². The largest absolute Gasteiger partial charge is 0.507 e. The summed E-state index contributed by atoms with van der Waals surface area (Å²) in [6, 6.07) is 12.9. The van der Waals surface area contributed by atoms with Crippen LogP contribution in [0.15, 0.2) is 52.7 Å².